The van der Waals surface area contributed by atoms with E-state index < -0.39 is 0 Å². The van der Waals surface area contributed by atoms with Crippen LogP contribution in [0.1, 0.15) is 30.0 Å². The van der Waals surface area contributed by atoms with E-state index in [0.29, 0.717) is 18.8 Å². The van der Waals surface area contributed by atoms with Crippen LogP contribution in [0.15, 0.2) is 53.1 Å². The molecule has 126 valence electrons. The van der Waals surface area contributed by atoms with Crippen LogP contribution in [0.4, 0.5) is 5.69 Å². The number of hydrogen-bond donors (Lipinski definition) is 0. The van der Waals surface area contributed by atoms with Gasteiger partial charge >= 0.3 is 0 Å². The number of benzene rings is 2. The molecule has 0 aliphatic heterocycles. The fourth-order valence-corrected chi connectivity index (χ4v) is 4.00. The lowest BCUT2D eigenvalue weighted by atomic mass is 9.88. The molecule has 0 N–H and O–H groups in total. The minimum atomic E-state index is 0.324. The van der Waals surface area contributed by atoms with Crippen LogP contribution in [0.5, 0.6) is 0 Å². The SMILES string of the molecule is [C-]#[N+]c1cc2c(Br)cn(C3CC(OCc4ccccc4)C3)c2cc1C. The van der Waals surface area contributed by atoms with Gasteiger partial charge in [-0.2, -0.15) is 0 Å². The van der Waals surface area contributed by atoms with Crippen LogP contribution in [-0.4, -0.2) is 10.7 Å². The Hall–Kier alpha value is -2.09. The van der Waals surface area contributed by atoms with E-state index >= 15 is 0 Å². The van der Waals surface area contributed by atoms with Crippen LogP contribution in [0, 0.1) is 13.5 Å². The van der Waals surface area contributed by atoms with Crippen molar-refractivity contribution in [2.45, 2.75) is 38.5 Å². The van der Waals surface area contributed by atoms with E-state index in [0.717, 1.165) is 34.0 Å². The first kappa shape index (κ1) is 16.4. The number of hydrogen-bond acceptors (Lipinski definition) is 1. The number of aryl methyl sites for hydroxylation is 1. The molecule has 3 aromatic rings. The zero-order valence-corrected chi connectivity index (χ0v) is 15.7. The molecular formula is C21H19BrN2O. The van der Waals surface area contributed by atoms with Gasteiger partial charge in [0.25, 0.3) is 0 Å². The minimum absolute atomic E-state index is 0.324. The van der Waals surface area contributed by atoms with Crippen molar-refractivity contribution in [1.29, 1.82) is 0 Å². The van der Waals surface area contributed by atoms with Gasteiger partial charge in [-0.3, -0.25) is 0 Å². The highest BCUT2D eigenvalue weighted by molar-refractivity contribution is 9.10. The summed E-state index contributed by atoms with van der Waals surface area (Å²) in [6.45, 7) is 9.99. The first-order chi connectivity index (χ1) is 12.2. The third kappa shape index (κ3) is 3.10. The summed E-state index contributed by atoms with van der Waals surface area (Å²) in [5.74, 6) is 0. The molecule has 0 spiro atoms. The highest BCUT2D eigenvalue weighted by Gasteiger charge is 2.32. The zero-order valence-electron chi connectivity index (χ0n) is 14.1. The van der Waals surface area contributed by atoms with Crippen LogP contribution in [0.3, 0.4) is 0 Å². The topological polar surface area (TPSA) is 18.5 Å². The van der Waals surface area contributed by atoms with Gasteiger partial charge in [0.1, 0.15) is 0 Å². The van der Waals surface area contributed by atoms with E-state index in [9.17, 15) is 0 Å². The number of ether oxygens (including phenoxy) is 1. The summed E-state index contributed by atoms with van der Waals surface area (Å²) >= 11 is 3.65. The molecule has 4 rings (SSSR count). The second-order valence-corrected chi connectivity index (χ2v) is 7.55. The lowest BCUT2D eigenvalue weighted by molar-refractivity contribution is -0.0347. The molecule has 1 heterocycles. The predicted octanol–water partition coefficient (Wildman–Crippen LogP) is 6.18. The minimum Gasteiger partial charge on any atom is -0.373 e. The molecule has 1 aliphatic rings. The Kier molecular flexibility index (Phi) is 4.37. The van der Waals surface area contributed by atoms with Crippen molar-refractivity contribution in [3.63, 3.8) is 0 Å². The van der Waals surface area contributed by atoms with Crippen molar-refractivity contribution in [3.05, 3.63) is 75.7 Å². The number of nitrogens with zero attached hydrogens (tertiary/aromatic N) is 2. The van der Waals surface area contributed by atoms with Crippen LogP contribution in [0.25, 0.3) is 15.7 Å². The van der Waals surface area contributed by atoms with Gasteiger partial charge in [-0.25, -0.2) is 4.85 Å². The van der Waals surface area contributed by atoms with Gasteiger partial charge < -0.3 is 9.30 Å². The average molecular weight is 395 g/mol. The number of rotatable bonds is 4. The van der Waals surface area contributed by atoms with E-state index in [-0.39, 0.29) is 0 Å². The van der Waals surface area contributed by atoms with E-state index in [1.807, 2.05) is 31.2 Å². The summed E-state index contributed by atoms with van der Waals surface area (Å²) in [5.41, 5.74) is 4.18. The number of aromatic nitrogens is 1. The molecule has 0 atom stereocenters. The van der Waals surface area contributed by atoms with Crippen molar-refractivity contribution in [1.82, 2.24) is 4.57 Å². The van der Waals surface area contributed by atoms with Crippen molar-refractivity contribution >= 4 is 32.5 Å². The molecule has 1 saturated carbocycles. The van der Waals surface area contributed by atoms with Crippen LogP contribution >= 0.6 is 15.9 Å². The van der Waals surface area contributed by atoms with Crippen LogP contribution in [0.2, 0.25) is 0 Å². The monoisotopic (exact) mass is 394 g/mol. The van der Waals surface area contributed by atoms with E-state index in [1.54, 1.807) is 0 Å². The first-order valence-corrected chi connectivity index (χ1v) is 9.28. The molecule has 0 amide bonds. The molecule has 4 heteroatoms. The Morgan fingerprint density at radius 1 is 1.24 bits per heavy atom. The van der Waals surface area contributed by atoms with Gasteiger partial charge in [0, 0.05) is 27.6 Å². The molecule has 0 saturated heterocycles. The van der Waals surface area contributed by atoms with Crippen molar-refractivity contribution in [2.75, 3.05) is 0 Å². The van der Waals surface area contributed by atoms with E-state index in [1.165, 1.54) is 11.1 Å². The lowest BCUT2D eigenvalue weighted by Gasteiger charge is -2.36. The molecule has 0 radical (unpaired) electrons. The van der Waals surface area contributed by atoms with E-state index in [4.69, 9.17) is 11.3 Å². The highest BCUT2D eigenvalue weighted by atomic mass is 79.9. The normalized spacial score (nSPS) is 19.6. The smallest absolute Gasteiger partial charge is 0.190 e. The standard InChI is InChI=1S/C21H19BrN2O/c1-14-8-21-18(11-20(14)23-2)19(22)12-24(21)16-9-17(10-16)25-13-15-6-4-3-5-7-15/h3-8,11-12,16-17H,9-10,13H2,1H3. The summed E-state index contributed by atoms with van der Waals surface area (Å²) in [7, 11) is 0. The van der Waals surface area contributed by atoms with Crippen LogP contribution in [-0.2, 0) is 11.3 Å². The quantitative estimate of drug-likeness (QED) is 0.483. The van der Waals surface area contributed by atoms with Crippen LogP contribution < -0.4 is 0 Å². The summed E-state index contributed by atoms with van der Waals surface area (Å²) in [6.07, 6.45) is 4.54. The highest BCUT2D eigenvalue weighted by Crippen LogP contribution is 2.41. The van der Waals surface area contributed by atoms with Gasteiger partial charge in [0.2, 0.25) is 0 Å². The second kappa shape index (κ2) is 6.67. The van der Waals surface area contributed by atoms with Crippen molar-refractivity contribution in [2.24, 2.45) is 0 Å². The summed E-state index contributed by atoms with van der Waals surface area (Å²) < 4.78 is 9.42. The second-order valence-electron chi connectivity index (χ2n) is 6.70. The van der Waals surface area contributed by atoms with Crippen molar-refractivity contribution < 1.29 is 4.74 Å². The van der Waals surface area contributed by atoms with Gasteiger partial charge in [0.05, 0.1) is 19.3 Å². The molecule has 0 bridgehead atoms. The third-order valence-corrected chi connectivity index (χ3v) is 5.65. The number of halogens is 1. The Morgan fingerprint density at radius 3 is 2.72 bits per heavy atom. The molecular weight excluding hydrogens is 376 g/mol. The maximum absolute atomic E-state index is 7.30. The third-order valence-electron chi connectivity index (χ3n) is 5.01. The fourth-order valence-electron chi connectivity index (χ4n) is 3.46. The maximum atomic E-state index is 7.30. The van der Waals surface area contributed by atoms with Gasteiger partial charge in [-0.15, -0.1) is 0 Å². The molecule has 1 aliphatic carbocycles. The summed E-state index contributed by atoms with van der Waals surface area (Å²) in [5, 5.41) is 1.12. The lowest BCUT2D eigenvalue weighted by Crippen LogP contribution is -2.32. The Morgan fingerprint density at radius 2 is 2.00 bits per heavy atom. The predicted molar refractivity (Wildman–Crippen MR) is 104 cm³/mol. The van der Waals surface area contributed by atoms with Crippen molar-refractivity contribution in [3.8, 4) is 0 Å². The molecule has 2 aromatic carbocycles. The first-order valence-electron chi connectivity index (χ1n) is 8.49. The van der Waals surface area contributed by atoms with Gasteiger partial charge in [-0.1, -0.05) is 30.3 Å². The molecule has 3 nitrogen and oxygen atoms in total. The summed E-state index contributed by atoms with van der Waals surface area (Å²) in [6, 6.07) is 14.9. The Balaban J connectivity index is 1.47. The molecule has 0 unspecified atom stereocenters. The summed E-state index contributed by atoms with van der Waals surface area (Å²) in [4.78, 5) is 3.61. The van der Waals surface area contributed by atoms with E-state index in [2.05, 4.69) is 49.7 Å². The Labute approximate surface area is 156 Å². The molecule has 25 heavy (non-hydrogen) atoms. The fraction of sp³-hybridized carbons (Fsp3) is 0.286. The molecule has 1 aromatic heterocycles. The van der Waals surface area contributed by atoms with Gasteiger partial charge in [0.15, 0.2) is 5.69 Å². The zero-order chi connectivity index (χ0) is 17.4. The average Bonchev–Trinajstić information content (AvgIpc) is 2.89. The molecule has 1 fully saturated rings. The Bertz CT molecular complexity index is 949. The number of fused-ring (bicyclic) bond motifs is 1. The maximum Gasteiger partial charge on any atom is 0.190 e. The van der Waals surface area contributed by atoms with Gasteiger partial charge in [-0.05, 0) is 59.0 Å². The largest absolute Gasteiger partial charge is 0.373 e.